The molecule has 1 aromatic carbocycles. The Morgan fingerprint density at radius 3 is 2.86 bits per heavy atom. The molecule has 0 spiro atoms. The van der Waals surface area contributed by atoms with Gasteiger partial charge in [0.05, 0.1) is 0 Å². The molecule has 1 heterocycles. The minimum absolute atomic E-state index is 0.728. The van der Waals surface area contributed by atoms with Crippen LogP contribution in [0.4, 0.5) is 0 Å². The van der Waals surface area contributed by atoms with Gasteiger partial charge in [0.25, 0.3) is 0 Å². The molecule has 0 saturated heterocycles. The zero-order chi connectivity index (χ0) is 10.1. The van der Waals surface area contributed by atoms with E-state index in [0.29, 0.717) is 0 Å². The predicted molar refractivity (Wildman–Crippen MR) is 64.6 cm³/mol. The number of thiophene rings is 1. The summed E-state index contributed by atoms with van der Waals surface area (Å²) in [6.07, 6.45) is 0.922. The first-order chi connectivity index (χ1) is 6.74. The molecule has 1 nitrogen and oxygen atoms in total. The molecule has 0 unspecified atom stereocenters. The van der Waals surface area contributed by atoms with Gasteiger partial charge in [-0.05, 0) is 36.1 Å². The largest absolute Gasteiger partial charge is 0.298 e. The van der Waals surface area contributed by atoms with E-state index in [1.54, 1.807) is 11.3 Å². The van der Waals surface area contributed by atoms with E-state index in [-0.39, 0.29) is 0 Å². The van der Waals surface area contributed by atoms with Gasteiger partial charge < -0.3 is 0 Å². The summed E-state index contributed by atoms with van der Waals surface area (Å²) in [7, 11) is 0. The zero-order valence-electron chi connectivity index (χ0n) is 7.71. The van der Waals surface area contributed by atoms with Crippen molar-refractivity contribution < 1.29 is 4.79 Å². The highest BCUT2D eigenvalue weighted by molar-refractivity contribution is 9.08. The molecule has 0 aliphatic rings. The van der Waals surface area contributed by atoms with E-state index in [9.17, 15) is 4.79 Å². The van der Waals surface area contributed by atoms with Crippen LogP contribution in [-0.2, 0) is 5.33 Å². The Morgan fingerprint density at radius 1 is 1.43 bits per heavy atom. The molecule has 0 saturated carbocycles. The van der Waals surface area contributed by atoms with Crippen LogP contribution in [-0.4, -0.2) is 6.29 Å². The van der Waals surface area contributed by atoms with Crippen molar-refractivity contribution in [3.8, 4) is 0 Å². The summed E-state index contributed by atoms with van der Waals surface area (Å²) in [5.41, 5.74) is 1.85. The van der Waals surface area contributed by atoms with E-state index in [2.05, 4.69) is 35.0 Å². The topological polar surface area (TPSA) is 17.1 Å². The highest BCUT2D eigenvalue weighted by Crippen LogP contribution is 2.28. The summed E-state index contributed by atoms with van der Waals surface area (Å²) in [4.78, 5) is 12.1. The summed E-state index contributed by atoms with van der Waals surface area (Å²) < 4.78 is 1.19. The fourth-order valence-electron chi connectivity index (χ4n) is 1.51. The molecule has 0 aliphatic carbocycles. The first-order valence-electron chi connectivity index (χ1n) is 4.29. The molecular weight excluding hydrogens is 260 g/mol. The van der Waals surface area contributed by atoms with Crippen molar-refractivity contribution in [1.82, 2.24) is 0 Å². The van der Waals surface area contributed by atoms with Crippen LogP contribution in [0.1, 0.15) is 20.8 Å². The van der Waals surface area contributed by atoms with E-state index in [1.807, 2.05) is 6.07 Å². The lowest BCUT2D eigenvalue weighted by molar-refractivity contribution is 0.112. The number of alkyl halides is 1. The Bertz CT molecular complexity index is 487. The average Bonchev–Trinajstić information content (AvgIpc) is 2.54. The predicted octanol–water partition coefficient (Wildman–Crippen LogP) is 3.92. The first-order valence-corrected chi connectivity index (χ1v) is 6.22. The van der Waals surface area contributed by atoms with E-state index in [0.717, 1.165) is 22.7 Å². The SMILES string of the molecule is Cc1cc2cc(CBr)c(C=O)cc2s1. The molecule has 0 fully saturated rings. The van der Waals surface area contributed by atoms with Crippen LogP contribution in [0.15, 0.2) is 18.2 Å². The summed E-state index contributed by atoms with van der Waals surface area (Å²) in [6, 6.07) is 6.20. The maximum Gasteiger partial charge on any atom is 0.150 e. The minimum Gasteiger partial charge on any atom is -0.298 e. The lowest BCUT2D eigenvalue weighted by Crippen LogP contribution is -1.87. The second-order valence-electron chi connectivity index (χ2n) is 3.20. The second-order valence-corrected chi connectivity index (χ2v) is 5.05. The molecule has 0 atom stereocenters. The molecule has 3 heteroatoms. The maximum absolute atomic E-state index is 10.8. The van der Waals surface area contributed by atoms with E-state index >= 15 is 0 Å². The van der Waals surface area contributed by atoms with Gasteiger partial charge in [-0.1, -0.05) is 15.9 Å². The number of carbonyl (C=O) groups is 1. The molecule has 2 rings (SSSR count). The Morgan fingerprint density at radius 2 is 2.21 bits per heavy atom. The molecule has 0 bridgehead atoms. The number of rotatable bonds is 2. The molecule has 0 aliphatic heterocycles. The number of carbonyl (C=O) groups excluding carboxylic acids is 1. The van der Waals surface area contributed by atoms with E-state index in [1.165, 1.54) is 15.0 Å². The third-order valence-corrected chi connectivity index (χ3v) is 3.79. The highest BCUT2D eigenvalue weighted by atomic mass is 79.9. The number of aryl methyl sites for hydroxylation is 1. The fourth-order valence-corrected chi connectivity index (χ4v) is 2.95. The van der Waals surface area contributed by atoms with Gasteiger partial charge in [0.15, 0.2) is 0 Å². The van der Waals surface area contributed by atoms with E-state index < -0.39 is 0 Å². The molecular formula is C11H9BrOS. The number of aldehydes is 1. The third-order valence-electron chi connectivity index (χ3n) is 2.17. The van der Waals surface area contributed by atoms with Gasteiger partial charge in [-0.3, -0.25) is 4.79 Å². The van der Waals surface area contributed by atoms with Gasteiger partial charge in [-0.2, -0.15) is 0 Å². The zero-order valence-corrected chi connectivity index (χ0v) is 10.1. The van der Waals surface area contributed by atoms with Crippen LogP contribution in [0.2, 0.25) is 0 Å². The summed E-state index contributed by atoms with van der Waals surface area (Å²) in [5.74, 6) is 0. The van der Waals surface area contributed by atoms with Crippen molar-refractivity contribution in [2.24, 2.45) is 0 Å². The maximum atomic E-state index is 10.8. The minimum atomic E-state index is 0.728. The van der Waals surface area contributed by atoms with E-state index in [4.69, 9.17) is 0 Å². The Hall–Kier alpha value is -0.670. The fraction of sp³-hybridized carbons (Fsp3) is 0.182. The lowest BCUT2D eigenvalue weighted by Gasteiger charge is -2.00. The van der Waals surface area contributed by atoms with Crippen molar-refractivity contribution >= 4 is 43.6 Å². The van der Waals surface area contributed by atoms with Crippen molar-refractivity contribution in [3.05, 3.63) is 34.2 Å². The highest BCUT2D eigenvalue weighted by Gasteiger charge is 2.05. The Labute approximate surface area is 94.9 Å². The van der Waals surface area contributed by atoms with Crippen LogP contribution >= 0.6 is 27.3 Å². The molecule has 72 valence electrons. The van der Waals surface area contributed by atoms with Gasteiger partial charge in [0, 0.05) is 20.5 Å². The van der Waals surface area contributed by atoms with Crippen molar-refractivity contribution in [2.45, 2.75) is 12.3 Å². The van der Waals surface area contributed by atoms with Crippen molar-refractivity contribution in [3.63, 3.8) is 0 Å². The number of hydrogen-bond donors (Lipinski definition) is 0. The van der Waals surface area contributed by atoms with Gasteiger partial charge in [-0.25, -0.2) is 0 Å². The quantitative estimate of drug-likeness (QED) is 0.596. The average molecular weight is 269 g/mol. The van der Waals surface area contributed by atoms with Crippen molar-refractivity contribution in [2.75, 3.05) is 0 Å². The number of benzene rings is 1. The number of hydrogen-bond acceptors (Lipinski definition) is 2. The monoisotopic (exact) mass is 268 g/mol. The summed E-state index contributed by atoms with van der Waals surface area (Å²) in [6.45, 7) is 2.08. The van der Waals surface area contributed by atoms with Gasteiger partial charge in [0.2, 0.25) is 0 Å². The van der Waals surface area contributed by atoms with Gasteiger partial charge in [0.1, 0.15) is 6.29 Å². The molecule has 0 N–H and O–H groups in total. The number of halogens is 1. The van der Waals surface area contributed by atoms with Crippen LogP contribution in [0, 0.1) is 6.92 Å². The van der Waals surface area contributed by atoms with Crippen LogP contribution in [0.5, 0.6) is 0 Å². The molecule has 1 aromatic heterocycles. The normalized spacial score (nSPS) is 10.7. The third kappa shape index (κ3) is 1.62. The summed E-state index contributed by atoms with van der Waals surface area (Å²) in [5, 5.41) is 1.96. The van der Waals surface area contributed by atoms with Crippen LogP contribution < -0.4 is 0 Å². The molecule has 2 aromatic rings. The van der Waals surface area contributed by atoms with Crippen LogP contribution in [0.25, 0.3) is 10.1 Å². The lowest BCUT2D eigenvalue weighted by atomic mass is 10.1. The second kappa shape index (κ2) is 3.83. The Kier molecular flexibility index (Phi) is 2.70. The van der Waals surface area contributed by atoms with Crippen molar-refractivity contribution in [1.29, 1.82) is 0 Å². The summed E-state index contributed by atoms with van der Waals surface area (Å²) >= 11 is 5.11. The smallest absolute Gasteiger partial charge is 0.150 e. The number of fused-ring (bicyclic) bond motifs is 1. The van der Waals surface area contributed by atoms with Crippen LogP contribution in [0.3, 0.4) is 0 Å². The first kappa shape index (κ1) is 9.87. The molecule has 0 amide bonds. The van der Waals surface area contributed by atoms with Gasteiger partial charge in [-0.15, -0.1) is 11.3 Å². The Balaban J connectivity index is 2.74. The van der Waals surface area contributed by atoms with Gasteiger partial charge >= 0.3 is 0 Å². The molecule has 0 radical (unpaired) electrons. The standard InChI is InChI=1S/C11H9BrOS/c1-7-2-8-3-9(5-12)10(6-13)4-11(8)14-7/h2-4,6H,5H2,1H3. The molecule has 14 heavy (non-hydrogen) atoms.